The van der Waals surface area contributed by atoms with Gasteiger partial charge in [-0.2, -0.15) is 0 Å². The molecule has 6 heteroatoms. The summed E-state index contributed by atoms with van der Waals surface area (Å²) < 4.78 is 13.3. The molecule has 1 aromatic rings. The van der Waals surface area contributed by atoms with Gasteiger partial charge in [0.25, 0.3) is 0 Å². The van der Waals surface area contributed by atoms with Crippen molar-refractivity contribution < 1.29 is 19.1 Å². The highest BCUT2D eigenvalue weighted by molar-refractivity contribution is 5.84. The van der Waals surface area contributed by atoms with E-state index in [2.05, 4.69) is 0 Å². The van der Waals surface area contributed by atoms with Crippen molar-refractivity contribution in [3.8, 4) is 0 Å². The Bertz CT molecular complexity index is 629. The maximum atomic E-state index is 13.3. The first kappa shape index (κ1) is 17.9. The summed E-state index contributed by atoms with van der Waals surface area (Å²) in [5.41, 5.74) is 0.741. The smallest absolute Gasteiger partial charge is 0.227 e. The number of hydrogen-bond donors (Lipinski definition) is 1. The molecule has 136 valence electrons. The number of piperidine rings is 2. The number of carbonyl (C=O) groups is 2. The first-order chi connectivity index (χ1) is 12.1. The van der Waals surface area contributed by atoms with Gasteiger partial charge in [0.2, 0.25) is 11.8 Å². The minimum atomic E-state index is -0.318. The zero-order chi connectivity index (χ0) is 17.8. The van der Waals surface area contributed by atoms with Gasteiger partial charge < -0.3 is 14.9 Å². The van der Waals surface area contributed by atoms with Crippen LogP contribution in [0, 0.1) is 17.7 Å². The summed E-state index contributed by atoms with van der Waals surface area (Å²) in [6.45, 7) is 2.28. The zero-order valence-electron chi connectivity index (χ0n) is 14.4. The molecule has 2 heterocycles. The van der Waals surface area contributed by atoms with Crippen molar-refractivity contribution in [2.75, 3.05) is 26.2 Å². The quantitative estimate of drug-likeness (QED) is 0.902. The van der Waals surface area contributed by atoms with E-state index in [1.54, 1.807) is 17.0 Å². The Labute approximate surface area is 147 Å². The van der Waals surface area contributed by atoms with Gasteiger partial charge in [-0.1, -0.05) is 12.1 Å². The molecule has 2 aliphatic heterocycles. The lowest BCUT2D eigenvalue weighted by Crippen LogP contribution is -2.48. The van der Waals surface area contributed by atoms with Crippen LogP contribution in [-0.4, -0.2) is 53.0 Å². The third-order valence-electron chi connectivity index (χ3n) is 5.30. The summed E-state index contributed by atoms with van der Waals surface area (Å²) in [5, 5.41) is 9.21. The number of nitrogens with zero attached hydrogens (tertiary/aromatic N) is 2. The Morgan fingerprint density at radius 1 is 1.24 bits per heavy atom. The lowest BCUT2D eigenvalue weighted by atomic mass is 9.92. The molecular weight excluding hydrogens is 323 g/mol. The third kappa shape index (κ3) is 4.37. The molecule has 0 bridgehead atoms. The van der Waals surface area contributed by atoms with Crippen LogP contribution in [0.4, 0.5) is 4.39 Å². The monoisotopic (exact) mass is 348 g/mol. The van der Waals surface area contributed by atoms with Gasteiger partial charge in [0.1, 0.15) is 5.82 Å². The van der Waals surface area contributed by atoms with E-state index in [9.17, 15) is 19.1 Å². The van der Waals surface area contributed by atoms with Crippen LogP contribution >= 0.6 is 0 Å². The molecule has 0 aromatic heterocycles. The molecular formula is C19H25FN2O3. The van der Waals surface area contributed by atoms with Crippen molar-refractivity contribution in [1.29, 1.82) is 0 Å². The molecule has 25 heavy (non-hydrogen) atoms. The molecule has 1 atom stereocenters. The molecule has 2 saturated heterocycles. The molecule has 2 amide bonds. The Hall–Kier alpha value is -1.95. The summed E-state index contributed by atoms with van der Waals surface area (Å²) >= 11 is 0. The lowest BCUT2D eigenvalue weighted by molar-refractivity contribution is -0.144. The predicted octanol–water partition coefficient (Wildman–Crippen LogP) is 1.80. The number of aliphatic hydroxyl groups is 1. The van der Waals surface area contributed by atoms with Crippen LogP contribution < -0.4 is 0 Å². The highest BCUT2D eigenvalue weighted by atomic mass is 19.1. The van der Waals surface area contributed by atoms with Gasteiger partial charge in [-0.3, -0.25) is 9.59 Å². The van der Waals surface area contributed by atoms with Gasteiger partial charge in [0.15, 0.2) is 0 Å². The second kappa shape index (κ2) is 7.95. The number of amides is 2. The number of rotatable bonds is 4. The van der Waals surface area contributed by atoms with E-state index < -0.39 is 0 Å². The van der Waals surface area contributed by atoms with Crippen LogP contribution in [0.5, 0.6) is 0 Å². The standard InChI is InChI=1S/C19H25FN2O3/c20-17-3-1-2-15(10-17)11-22-12-16(4-5-18(22)24)19(25)21-8-6-14(13-23)7-9-21/h1-3,10,14,16,23H,4-9,11-13H2. The molecule has 0 aliphatic carbocycles. The molecule has 2 aliphatic rings. The Balaban J connectivity index is 1.60. The molecule has 2 fully saturated rings. The van der Waals surface area contributed by atoms with Crippen molar-refractivity contribution in [2.24, 2.45) is 11.8 Å². The molecule has 1 N–H and O–H groups in total. The first-order valence-electron chi connectivity index (χ1n) is 8.98. The van der Waals surface area contributed by atoms with Crippen LogP contribution in [0.25, 0.3) is 0 Å². The van der Waals surface area contributed by atoms with Crippen molar-refractivity contribution in [3.05, 3.63) is 35.6 Å². The fourth-order valence-corrected chi connectivity index (χ4v) is 3.72. The largest absolute Gasteiger partial charge is 0.396 e. The normalized spacial score (nSPS) is 22.3. The summed E-state index contributed by atoms with van der Waals surface area (Å²) in [4.78, 5) is 28.5. The highest BCUT2D eigenvalue weighted by Gasteiger charge is 2.34. The molecule has 0 saturated carbocycles. The average Bonchev–Trinajstić information content (AvgIpc) is 2.63. The minimum Gasteiger partial charge on any atom is -0.396 e. The van der Waals surface area contributed by atoms with Gasteiger partial charge in [0, 0.05) is 39.2 Å². The van der Waals surface area contributed by atoms with Gasteiger partial charge in [-0.15, -0.1) is 0 Å². The maximum absolute atomic E-state index is 13.3. The van der Waals surface area contributed by atoms with Crippen LogP contribution in [0.3, 0.4) is 0 Å². The number of likely N-dealkylation sites (tertiary alicyclic amines) is 2. The highest BCUT2D eigenvalue weighted by Crippen LogP contribution is 2.24. The van der Waals surface area contributed by atoms with Crippen LogP contribution in [0.2, 0.25) is 0 Å². The van der Waals surface area contributed by atoms with Crippen LogP contribution in [0.1, 0.15) is 31.2 Å². The topological polar surface area (TPSA) is 60.9 Å². The number of carbonyl (C=O) groups excluding carboxylic acids is 2. The fourth-order valence-electron chi connectivity index (χ4n) is 3.72. The van der Waals surface area contributed by atoms with Crippen molar-refractivity contribution in [1.82, 2.24) is 9.80 Å². The van der Waals surface area contributed by atoms with Gasteiger partial charge in [-0.25, -0.2) is 4.39 Å². The number of aliphatic hydroxyl groups excluding tert-OH is 1. The van der Waals surface area contributed by atoms with Crippen LogP contribution in [-0.2, 0) is 16.1 Å². The van der Waals surface area contributed by atoms with E-state index in [1.807, 2.05) is 4.90 Å². The second-order valence-corrected chi connectivity index (χ2v) is 7.09. The maximum Gasteiger partial charge on any atom is 0.227 e. The van der Waals surface area contributed by atoms with E-state index in [4.69, 9.17) is 0 Å². The van der Waals surface area contributed by atoms with E-state index in [1.165, 1.54) is 12.1 Å². The Morgan fingerprint density at radius 2 is 2.00 bits per heavy atom. The number of benzene rings is 1. The van der Waals surface area contributed by atoms with Crippen molar-refractivity contribution >= 4 is 11.8 Å². The minimum absolute atomic E-state index is 0.0206. The predicted molar refractivity (Wildman–Crippen MR) is 90.9 cm³/mol. The van der Waals surface area contributed by atoms with Crippen LogP contribution in [0.15, 0.2) is 24.3 Å². The molecule has 1 aromatic carbocycles. The summed E-state index contributed by atoms with van der Waals surface area (Å²) in [6.07, 6.45) is 2.61. The number of halogens is 1. The molecule has 5 nitrogen and oxygen atoms in total. The molecule has 1 unspecified atom stereocenters. The fraction of sp³-hybridized carbons (Fsp3) is 0.579. The first-order valence-corrected chi connectivity index (χ1v) is 8.98. The third-order valence-corrected chi connectivity index (χ3v) is 5.30. The van der Waals surface area contributed by atoms with E-state index >= 15 is 0 Å². The summed E-state index contributed by atoms with van der Waals surface area (Å²) in [5.74, 6) is -0.0832. The average molecular weight is 348 g/mol. The Morgan fingerprint density at radius 3 is 2.68 bits per heavy atom. The SMILES string of the molecule is O=C1CCC(C(=O)N2CCC(CO)CC2)CN1Cc1cccc(F)c1. The summed E-state index contributed by atoms with van der Waals surface area (Å²) in [6, 6.07) is 6.23. The molecule has 0 radical (unpaired) electrons. The summed E-state index contributed by atoms with van der Waals surface area (Å²) in [7, 11) is 0. The second-order valence-electron chi connectivity index (χ2n) is 7.09. The Kier molecular flexibility index (Phi) is 5.68. The van der Waals surface area contributed by atoms with Crippen molar-refractivity contribution in [2.45, 2.75) is 32.2 Å². The number of hydrogen-bond acceptors (Lipinski definition) is 3. The lowest BCUT2D eigenvalue weighted by Gasteiger charge is -2.37. The van der Waals surface area contributed by atoms with Gasteiger partial charge >= 0.3 is 0 Å². The van der Waals surface area contributed by atoms with Gasteiger partial charge in [-0.05, 0) is 42.9 Å². The van der Waals surface area contributed by atoms with E-state index in [0.29, 0.717) is 44.9 Å². The zero-order valence-corrected chi connectivity index (χ0v) is 14.4. The molecule has 3 rings (SSSR count). The van der Waals surface area contributed by atoms with E-state index in [-0.39, 0.29) is 30.2 Å². The van der Waals surface area contributed by atoms with Gasteiger partial charge in [0.05, 0.1) is 5.92 Å². The van der Waals surface area contributed by atoms with Crippen molar-refractivity contribution in [3.63, 3.8) is 0 Å². The van der Waals surface area contributed by atoms with E-state index in [0.717, 1.165) is 18.4 Å². The molecule has 0 spiro atoms.